The summed E-state index contributed by atoms with van der Waals surface area (Å²) < 4.78 is 23.7. The molecule has 15 heavy (non-hydrogen) atoms. The van der Waals surface area contributed by atoms with Gasteiger partial charge in [-0.1, -0.05) is 18.2 Å². The molecule has 0 heterocycles. The van der Waals surface area contributed by atoms with Crippen molar-refractivity contribution < 1.29 is 8.42 Å². The lowest BCUT2D eigenvalue weighted by molar-refractivity contribution is 0.531. The highest BCUT2D eigenvalue weighted by atomic mass is 32.2. The Bertz CT molecular complexity index is 469. The highest BCUT2D eigenvalue weighted by Gasteiger charge is 2.27. The molecule has 80 valence electrons. The largest absolute Gasteiger partial charge is 0.224 e. The van der Waals surface area contributed by atoms with Gasteiger partial charge in [0, 0.05) is 0 Å². The molecule has 1 aromatic rings. The van der Waals surface area contributed by atoms with Crippen LogP contribution in [0.1, 0.15) is 13.8 Å². The monoisotopic (exact) mass is 223 g/mol. The molecule has 0 aromatic heterocycles. The topological polar surface area (TPSA) is 57.9 Å². The second-order valence-electron chi connectivity index (χ2n) is 4.07. The van der Waals surface area contributed by atoms with Crippen LogP contribution in [-0.2, 0) is 9.84 Å². The van der Waals surface area contributed by atoms with Crippen molar-refractivity contribution in [1.29, 1.82) is 5.26 Å². The van der Waals surface area contributed by atoms with Crippen molar-refractivity contribution >= 4 is 9.84 Å². The van der Waals surface area contributed by atoms with Gasteiger partial charge in [0.1, 0.15) is 0 Å². The molecule has 1 rings (SSSR count). The van der Waals surface area contributed by atoms with Crippen LogP contribution in [0, 0.1) is 16.7 Å². The molecule has 0 unspecified atom stereocenters. The standard InChI is InChI=1S/C11H13NO2S/c1-11(2,8-12)9-15(13,14)10-6-4-3-5-7-10/h3-7H,9H2,1-2H3. The van der Waals surface area contributed by atoms with Crippen LogP contribution in [0.15, 0.2) is 35.2 Å². The molecule has 0 amide bonds. The Hall–Kier alpha value is -1.34. The Morgan fingerprint density at radius 3 is 2.27 bits per heavy atom. The van der Waals surface area contributed by atoms with Crippen LogP contribution in [0.4, 0.5) is 0 Å². The van der Waals surface area contributed by atoms with E-state index in [2.05, 4.69) is 0 Å². The summed E-state index contributed by atoms with van der Waals surface area (Å²) in [5.74, 6) is -0.152. The molecule has 0 atom stereocenters. The second kappa shape index (κ2) is 4.03. The van der Waals surface area contributed by atoms with Gasteiger partial charge >= 0.3 is 0 Å². The fourth-order valence-electron chi connectivity index (χ4n) is 1.22. The van der Waals surface area contributed by atoms with Gasteiger partial charge in [-0.3, -0.25) is 0 Å². The van der Waals surface area contributed by atoms with E-state index in [9.17, 15) is 8.42 Å². The Morgan fingerprint density at radius 1 is 1.27 bits per heavy atom. The maximum absolute atomic E-state index is 11.9. The van der Waals surface area contributed by atoms with E-state index in [1.807, 2.05) is 6.07 Å². The van der Waals surface area contributed by atoms with E-state index in [0.29, 0.717) is 0 Å². The molecule has 0 spiro atoms. The van der Waals surface area contributed by atoms with Gasteiger partial charge in [0.2, 0.25) is 0 Å². The maximum atomic E-state index is 11.9. The second-order valence-corrected chi connectivity index (χ2v) is 6.06. The van der Waals surface area contributed by atoms with Gasteiger partial charge in [-0.2, -0.15) is 5.26 Å². The molecule has 0 bridgehead atoms. The summed E-state index contributed by atoms with van der Waals surface area (Å²) in [7, 11) is -3.35. The molecule has 0 aliphatic carbocycles. The quantitative estimate of drug-likeness (QED) is 0.787. The number of nitrogens with zero attached hydrogens (tertiary/aromatic N) is 1. The summed E-state index contributed by atoms with van der Waals surface area (Å²) in [6, 6.07) is 10.2. The Balaban J connectivity index is 3.03. The van der Waals surface area contributed by atoms with Crippen LogP contribution in [0.25, 0.3) is 0 Å². The van der Waals surface area contributed by atoms with E-state index >= 15 is 0 Å². The lowest BCUT2D eigenvalue weighted by Crippen LogP contribution is -2.22. The van der Waals surface area contributed by atoms with E-state index < -0.39 is 15.3 Å². The lowest BCUT2D eigenvalue weighted by atomic mass is 10.00. The zero-order valence-corrected chi connectivity index (χ0v) is 9.58. The van der Waals surface area contributed by atoms with Crippen LogP contribution < -0.4 is 0 Å². The van der Waals surface area contributed by atoms with Crippen LogP contribution >= 0.6 is 0 Å². The van der Waals surface area contributed by atoms with Crippen molar-refractivity contribution in [1.82, 2.24) is 0 Å². The minimum absolute atomic E-state index is 0.152. The van der Waals surface area contributed by atoms with Crippen LogP contribution in [0.5, 0.6) is 0 Å². The average molecular weight is 223 g/mol. The molecular weight excluding hydrogens is 210 g/mol. The number of rotatable bonds is 3. The SMILES string of the molecule is CC(C)(C#N)CS(=O)(=O)c1ccccc1. The molecule has 0 aliphatic rings. The first kappa shape index (κ1) is 11.7. The van der Waals surface area contributed by atoms with Crippen molar-refractivity contribution in [3.63, 3.8) is 0 Å². The molecule has 0 aliphatic heterocycles. The van der Waals surface area contributed by atoms with E-state index in [0.717, 1.165) is 0 Å². The molecule has 0 saturated heterocycles. The first-order valence-corrected chi connectivity index (χ1v) is 6.22. The molecule has 0 radical (unpaired) electrons. The first-order valence-electron chi connectivity index (χ1n) is 4.56. The van der Waals surface area contributed by atoms with Crippen molar-refractivity contribution in [3.8, 4) is 6.07 Å². The maximum Gasteiger partial charge on any atom is 0.179 e. The molecule has 1 aromatic carbocycles. The van der Waals surface area contributed by atoms with Gasteiger partial charge in [0.25, 0.3) is 0 Å². The highest BCUT2D eigenvalue weighted by molar-refractivity contribution is 7.91. The zero-order chi connectivity index (χ0) is 11.5. The van der Waals surface area contributed by atoms with Crippen molar-refractivity contribution in [2.24, 2.45) is 5.41 Å². The fraction of sp³-hybridized carbons (Fsp3) is 0.364. The van der Waals surface area contributed by atoms with Gasteiger partial charge in [0.05, 0.1) is 22.1 Å². The van der Waals surface area contributed by atoms with Crippen molar-refractivity contribution in [3.05, 3.63) is 30.3 Å². The summed E-state index contributed by atoms with van der Waals surface area (Å²) >= 11 is 0. The normalized spacial score (nSPS) is 12.1. The smallest absolute Gasteiger partial charge is 0.179 e. The molecule has 4 heteroatoms. The minimum atomic E-state index is -3.35. The van der Waals surface area contributed by atoms with Crippen LogP contribution in [-0.4, -0.2) is 14.2 Å². The Kier molecular flexibility index (Phi) is 3.15. The predicted octanol–water partition coefficient (Wildman–Crippen LogP) is 2.01. The van der Waals surface area contributed by atoms with E-state index in [1.165, 1.54) is 0 Å². The molecule has 0 saturated carbocycles. The molecule has 0 N–H and O–H groups in total. The van der Waals surface area contributed by atoms with Crippen molar-refractivity contribution in [2.45, 2.75) is 18.7 Å². The number of hydrogen-bond acceptors (Lipinski definition) is 3. The van der Waals surface area contributed by atoms with Crippen molar-refractivity contribution in [2.75, 3.05) is 5.75 Å². The Labute approximate surface area is 90.3 Å². The third kappa shape index (κ3) is 3.07. The van der Waals surface area contributed by atoms with E-state index in [1.54, 1.807) is 44.2 Å². The third-order valence-electron chi connectivity index (χ3n) is 1.96. The van der Waals surface area contributed by atoms with Crippen LogP contribution in [0.2, 0.25) is 0 Å². The molecule has 0 fully saturated rings. The number of hydrogen-bond donors (Lipinski definition) is 0. The minimum Gasteiger partial charge on any atom is -0.224 e. The zero-order valence-electron chi connectivity index (χ0n) is 8.77. The van der Waals surface area contributed by atoms with E-state index in [-0.39, 0.29) is 10.6 Å². The molecular formula is C11H13NO2S. The fourth-order valence-corrected chi connectivity index (χ4v) is 2.97. The first-order chi connectivity index (χ1) is 6.87. The van der Waals surface area contributed by atoms with Gasteiger partial charge in [-0.05, 0) is 26.0 Å². The van der Waals surface area contributed by atoms with Gasteiger partial charge in [-0.25, -0.2) is 8.42 Å². The van der Waals surface area contributed by atoms with Gasteiger partial charge in [-0.15, -0.1) is 0 Å². The average Bonchev–Trinajstić information content (AvgIpc) is 2.18. The predicted molar refractivity (Wildman–Crippen MR) is 57.9 cm³/mol. The van der Waals surface area contributed by atoms with E-state index in [4.69, 9.17) is 5.26 Å². The summed E-state index contributed by atoms with van der Waals surface area (Å²) in [6.45, 7) is 3.24. The number of benzene rings is 1. The molecule has 3 nitrogen and oxygen atoms in total. The number of nitriles is 1. The summed E-state index contributed by atoms with van der Waals surface area (Å²) in [6.07, 6.45) is 0. The number of sulfone groups is 1. The van der Waals surface area contributed by atoms with Gasteiger partial charge in [0.15, 0.2) is 9.84 Å². The lowest BCUT2D eigenvalue weighted by Gasteiger charge is -2.14. The highest BCUT2D eigenvalue weighted by Crippen LogP contribution is 2.21. The summed E-state index contributed by atoms with van der Waals surface area (Å²) in [4.78, 5) is 0.272. The third-order valence-corrected chi connectivity index (χ3v) is 4.05. The van der Waals surface area contributed by atoms with Gasteiger partial charge < -0.3 is 0 Å². The summed E-state index contributed by atoms with van der Waals surface area (Å²) in [5.41, 5.74) is -0.853. The van der Waals surface area contributed by atoms with Crippen LogP contribution in [0.3, 0.4) is 0 Å². The Morgan fingerprint density at radius 2 is 1.80 bits per heavy atom. The summed E-state index contributed by atoms with van der Waals surface area (Å²) in [5, 5.41) is 8.79.